The monoisotopic (exact) mass is 218 g/mol. The molecule has 0 spiro atoms. The minimum absolute atomic E-state index is 0.109. The molecule has 0 aromatic heterocycles. The van der Waals surface area contributed by atoms with Crippen LogP contribution >= 0.6 is 0 Å². The highest BCUT2D eigenvalue weighted by Crippen LogP contribution is 2.22. The van der Waals surface area contributed by atoms with E-state index >= 15 is 0 Å². The molecule has 2 heteroatoms. The van der Waals surface area contributed by atoms with Gasteiger partial charge in [0.1, 0.15) is 5.84 Å². The Labute approximate surface area is 98.8 Å². The van der Waals surface area contributed by atoms with E-state index < -0.39 is 0 Å². The Morgan fingerprint density at radius 3 is 2.25 bits per heavy atom. The van der Waals surface area contributed by atoms with Crippen LogP contribution in [0, 0.1) is 5.41 Å². The average Bonchev–Trinajstić information content (AvgIpc) is 2.22. The largest absolute Gasteiger partial charge is 0.384 e. The molecule has 0 atom stereocenters. The summed E-state index contributed by atoms with van der Waals surface area (Å²) < 4.78 is 0. The van der Waals surface area contributed by atoms with Crippen molar-refractivity contribution in [1.82, 2.24) is 0 Å². The first-order valence-electron chi connectivity index (χ1n) is 5.49. The summed E-state index contributed by atoms with van der Waals surface area (Å²) >= 11 is 0. The first-order chi connectivity index (χ1) is 7.45. The molecule has 0 amide bonds. The van der Waals surface area contributed by atoms with Gasteiger partial charge in [-0.3, -0.25) is 5.41 Å². The Bertz CT molecular complexity index is 368. The van der Waals surface area contributed by atoms with Crippen LogP contribution in [0.3, 0.4) is 0 Å². The van der Waals surface area contributed by atoms with Crippen molar-refractivity contribution in [3.63, 3.8) is 0 Å². The van der Waals surface area contributed by atoms with Gasteiger partial charge in [0, 0.05) is 5.57 Å². The van der Waals surface area contributed by atoms with Crippen molar-refractivity contribution in [2.24, 2.45) is 5.73 Å². The average molecular weight is 218 g/mol. The SMILES string of the molecule is C=C(C)C(=C\C=C/C)/C(C(=N)N)=C(\C)CC. The van der Waals surface area contributed by atoms with Crippen LogP contribution in [-0.4, -0.2) is 5.84 Å². The van der Waals surface area contributed by atoms with Crippen LogP contribution in [0.2, 0.25) is 0 Å². The van der Waals surface area contributed by atoms with Gasteiger partial charge < -0.3 is 5.73 Å². The topological polar surface area (TPSA) is 49.9 Å². The van der Waals surface area contributed by atoms with Gasteiger partial charge in [-0.2, -0.15) is 0 Å². The minimum Gasteiger partial charge on any atom is -0.384 e. The lowest BCUT2D eigenvalue weighted by Gasteiger charge is -2.14. The molecule has 0 aliphatic heterocycles. The van der Waals surface area contributed by atoms with Crippen LogP contribution in [0.15, 0.2) is 47.1 Å². The highest BCUT2D eigenvalue weighted by molar-refractivity contribution is 6.00. The second-order valence-electron chi connectivity index (χ2n) is 3.81. The number of nitrogens with two attached hydrogens (primary N) is 1. The zero-order valence-corrected chi connectivity index (χ0v) is 10.7. The van der Waals surface area contributed by atoms with Gasteiger partial charge in [-0.15, -0.1) is 0 Å². The molecule has 0 aromatic carbocycles. The van der Waals surface area contributed by atoms with E-state index in [2.05, 4.69) is 13.5 Å². The first-order valence-corrected chi connectivity index (χ1v) is 5.49. The van der Waals surface area contributed by atoms with Gasteiger partial charge in [-0.05, 0) is 32.8 Å². The van der Waals surface area contributed by atoms with E-state index in [9.17, 15) is 0 Å². The Balaban J connectivity index is 5.65. The quantitative estimate of drug-likeness (QED) is 0.412. The normalized spacial score (nSPS) is 13.9. The smallest absolute Gasteiger partial charge is 0.123 e. The molecule has 0 heterocycles. The molecule has 0 saturated carbocycles. The third-order valence-electron chi connectivity index (χ3n) is 2.41. The van der Waals surface area contributed by atoms with Gasteiger partial charge in [-0.1, -0.05) is 42.9 Å². The zero-order chi connectivity index (χ0) is 12.7. The van der Waals surface area contributed by atoms with Crippen LogP contribution in [0.5, 0.6) is 0 Å². The fraction of sp³-hybridized carbons (Fsp3) is 0.357. The van der Waals surface area contributed by atoms with Gasteiger partial charge in [0.2, 0.25) is 0 Å². The van der Waals surface area contributed by atoms with E-state index in [1.807, 2.05) is 39.0 Å². The molecule has 2 nitrogen and oxygen atoms in total. The van der Waals surface area contributed by atoms with Gasteiger partial charge in [-0.25, -0.2) is 0 Å². The molecule has 88 valence electrons. The van der Waals surface area contributed by atoms with E-state index in [1.54, 1.807) is 0 Å². The fourth-order valence-corrected chi connectivity index (χ4v) is 1.41. The summed E-state index contributed by atoms with van der Waals surface area (Å²) in [5, 5.41) is 7.66. The lowest BCUT2D eigenvalue weighted by molar-refractivity contribution is 1.08. The Morgan fingerprint density at radius 2 is 1.94 bits per heavy atom. The second-order valence-corrected chi connectivity index (χ2v) is 3.81. The fourth-order valence-electron chi connectivity index (χ4n) is 1.41. The summed E-state index contributed by atoms with van der Waals surface area (Å²) in [5.41, 5.74) is 9.45. The number of hydrogen-bond donors (Lipinski definition) is 2. The minimum atomic E-state index is 0.109. The summed E-state index contributed by atoms with van der Waals surface area (Å²) in [4.78, 5) is 0. The molecule has 0 rings (SSSR count). The first kappa shape index (κ1) is 14.4. The highest BCUT2D eigenvalue weighted by atomic mass is 14.7. The summed E-state index contributed by atoms with van der Waals surface area (Å²) in [6.07, 6.45) is 6.73. The molecule has 0 saturated heterocycles. The molecule has 0 bridgehead atoms. The predicted octanol–water partition coefficient (Wildman–Crippen LogP) is 3.73. The third-order valence-corrected chi connectivity index (χ3v) is 2.41. The van der Waals surface area contributed by atoms with Crippen LogP contribution in [0.1, 0.15) is 34.1 Å². The van der Waals surface area contributed by atoms with E-state index in [0.717, 1.165) is 28.7 Å². The molecular weight excluding hydrogens is 196 g/mol. The van der Waals surface area contributed by atoms with Crippen molar-refractivity contribution >= 4 is 5.84 Å². The van der Waals surface area contributed by atoms with Gasteiger partial charge in [0.05, 0.1) is 0 Å². The second kappa shape index (κ2) is 6.83. The molecule has 16 heavy (non-hydrogen) atoms. The van der Waals surface area contributed by atoms with Crippen molar-refractivity contribution in [1.29, 1.82) is 5.41 Å². The Hall–Kier alpha value is -1.57. The van der Waals surface area contributed by atoms with E-state index in [1.165, 1.54) is 0 Å². The number of hydrogen-bond acceptors (Lipinski definition) is 1. The lowest BCUT2D eigenvalue weighted by atomic mass is 9.93. The highest BCUT2D eigenvalue weighted by Gasteiger charge is 2.11. The lowest BCUT2D eigenvalue weighted by Crippen LogP contribution is -2.16. The van der Waals surface area contributed by atoms with Crippen molar-refractivity contribution in [3.05, 3.63) is 47.1 Å². The number of allylic oxidation sites excluding steroid dienone is 5. The Kier molecular flexibility index (Phi) is 6.16. The summed E-state index contributed by atoms with van der Waals surface area (Å²) in [7, 11) is 0. The maximum absolute atomic E-state index is 7.66. The summed E-state index contributed by atoms with van der Waals surface area (Å²) in [5.74, 6) is 0.109. The van der Waals surface area contributed by atoms with Gasteiger partial charge in [0.15, 0.2) is 0 Å². The number of nitrogens with one attached hydrogen (secondary N) is 1. The van der Waals surface area contributed by atoms with Crippen LogP contribution in [0.25, 0.3) is 0 Å². The zero-order valence-electron chi connectivity index (χ0n) is 10.7. The molecule has 0 aliphatic rings. The number of rotatable bonds is 5. The Morgan fingerprint density at radius 1 is 1.38 bits per heavy atom. The van der Waals surface area contributed by atoms with Gasteiger partial charge >= 0.3 is 0 Å². The van der Waals surface area contributed by atoms with E-state index in [4.69, 9.17) is 11.1 Å². The van der Waals surface area contributed by atoms with Crippen LogP contribution < -0.4 is 5.73 Å². The molecular formula is C14H22N2. The molecule has 0 aromatic rings. The third kappa shape index (κ3) is 3.89. The summed E-state index contributed by atoms with van der Waals surface area (Å²) in [6.45, 7) is 11.9. The van der Waals surface area contributed by atoms with Crippen molar-refractivity contribution in [2.75, 3.05) is 0 Å². The van der Waals surface area contributed by atoms with Crippen molar-refractivity contribution < 1.29 is 0 Å². The molecule has 0 unspecified atom stereocenters. The molecule has 0 aliphatic carbocycles. The molecule has 0 fully saturated rings. The van der Waals surface area contributed by atoms with E-state index in [0.29, 0.717) is 0 Å². The van der Waals surface area contributed by atoms with Crippen molar-refractivity contribution in [2.45, 2.75) is 34.1 Å². The standard InChI is InChI=1S/C14H22N2/c1-6-8-9-12(10(3)4)13(14(15)16)11(5)7-2/h6,8-9H,3,7H2,1-2,4-5H3,(H3,15,16)/b8-6-,12-9+,13-11-. The maximum Gasteiger partial charge on any atom is 0.123 e. The predicted molar refractivity (Wildman–Crippen MR) is 72.6 cm³/mol. The van der Waals surface area contributed by atoms with E-state index in [-0.39, 0.29) is 5.84 Å². The number of amidine groups is 1. The van der Waals surface area contributed by atoms with Gasteiger partial charge in [0.25, 0.3) is 0 Å². The van der Waals surface area contributed by atoms with Crippen molar-refractivity contribution in [3.8, 4) is 0 Å². The molecule has 0 radical (unpaired) electrons. The summed E-state index contributed by atoms with van der Waals surface area (Å²) in [6, 6.07) is 0. The molecule has 3 N–H and O–H groups in total. The maximum atomic E-state index is 7.66. The van der Waals surface area contributed by atoms with Crippen LogP contribution in [-0.2, 0) is 0 Å². The van der Waals surface area contributed by atoms with Crippen LogP contribution in [0.4, 0.5) is 0 Å².